The van der Waals surface area contributed by atoms with E-state index in [9.17, 15) is 0 Å². The molecule has 0 fully saturated rings. The van der Waals surface area contributed by atoms with Crippen LogP contribution in [0.3, 0.4) is 0 Å². The summed E-state index contributed by atoms with van der Waals surface area (Å²) in [6, 6.07) is 7.76. The van der Waals surface area contributed by atoms with Crippen molar-refractivity contribution >= 4 is 23.4 Å². The summed E-state index contributed by atoms with van der Waals surface area (Å²) in [7, 11) is 1.98. The summed E-state index contributed by atoms with van der Waals surface area (Å²) in [4.78, 5) is 10.3. The number of halogens is 1. The number of nitrogens with two attached hydrogens (primary N) is 1. The number of aromatic nitrogens is 2. The Balaban J connectivity index is 2.18. The Morgan fingerprint density at radius 1 is 1.28 bits per heavy atom. The van der Waals surface area contributed by atoms with Crippen molar-refractivity contribution in [2.45, 2.75) is 13.5 Å². The maximum absolute atomic E-state index is 5.86. The van der Waals surface area contributed by atoms with Crippen molar-refractivity contribution in [1.29, 1.82) is 0 Å². The zero-order valence-electron chi connectivity index (χ0n) is 10.4. The molecule has 4 nitrogen and oxygen atoms in total. The number of aryl methyl sites for hydroxylation is 1. The van der Waals surface area contributed by atoms with Crippen molar-refractivity contribution in [3.63, 3.8) is 0 Å². The van der Waals surface area contributed by atoms with Gasteiger partial charge in [-0.1, -0.05) is 23.7 Å². The number of hydrogen-bond acceptors (Lipinski definition) is 4. The van der Waals surface area contributed by atoms with Gasteiger partial charge < -0.3 is 10.6 Å². The minimum Gasteiger partial charge on any atom is -0.368 e. The zero-order valence-corrected chi connectivity index (χ0v) is 11.1. The molecule has 2 N–H and O–H groups in total. The maximum atomic E-state index is 5.86. The average Bonchev–Trinajstić information content (AvgIpc) is 2.35. The molecule has 0 aliphatic heterocycles. The van der Waals surface area contributed by atoms with Gasteiger partial charge in [0.1, 0.15) is 5.82 Å². The highest BCUT2D eigenvalue weighted by atomic mass is 35.5. The van der Waals surface area contributed by atoms with Crippen LogP contribution in [-0.2, 0) is 6.54 Å². The van der Waals surface area contributed by atoms with E-state index in [1.165, 1.54) is 5.56 Å². The predicted molar refractivity (Wildman–Crippen MR) is 74.7 cm³/mol. The van der Waals surface area contributed by atoms with Crippen LogP contribution < -0.4 is 10.6 Å². The highest BCUT2D eigenvalue weighted by molar-refractivity contribution is 6.30. The Hall–Kier alpha value is -1.81. The molecule has 5 heteroatoms. The molecule has 0 amide bonds. The first-order chi connectivity index (χ1) is 8.56. The molecule has 0 spiro atoms. The zero-order chi connectivity index (χ0) is 13.1. The molecule has 18 heavy (non-hydrogen) atoms. The molecule has 0 radical (unpaired) electrons. The lowest BCUT2D eigenvalue weighted by Crippen LogP contribution is -2.19. The van der Waals surface area contributed by atoms with Crippen LogP contribution in [0.4, 0.5) is 11.8 Å². The molecular formula is C13H15ClN4. The SMILES string of the molecule is Cc1cnc(N)nc1N(C)Cc1ccc(Cl)cc1. The van der Waals surface area contributed by atoms with Gasteiger partial charge >= 0.3 is 0 Å². The van der Waals surface area contributed by atoms with Gasteiger partial charge in [0.25, 0.3) is 0 Å². The first-order valence-corrected chi connectivity index (χ1v) is 5.99. The first kappa shape index (κ1) is 12.6. The van der Waals surface area contributed by atoms with Crippen LogP contribution in [-0.4, -0.2) is 17.0 Å². The van der Waals surface area contributed by atoms with Gasteiger partial charge in [0.2, 0.25) is 5.95 Å². The summed E-state index contributed by atoms with van der Waals surface area (Å²) in [6.07, 6.45) is 1.73. The van der Waals surface area contributed by atoms with Gasteiger partial charge in [-0.2, -0.15) is 4.98 Å². The third-order valence-corrected chi connectivity index (χ3v) is 2.91. The fraction of sp³-hybridized carbons (Fsp3) is 0.231. The Morgan fingerprint density at radius 3 is 2.61 bits per heavy atom. The van der Waals surface area contributed by atoms with E-state index in [1.807, 2.05) is 43.1 Å². The summed E-state index contributed by atoms with van der Waals surface area (Å²) in [5.74, 6) is 1.14. The molecule has 1 aromatic heterocycles. The lowest BCUT2D eigenvalue weighted by molar-refractivity contribution is 0.885. The van der Waals surface area contributed by atoms with Crippen molar-refractivity contribution in [2.24, 2.45) is 0 Å². The molecule has 94 valence electrons. The first-order valence-electron chi connectivity index (χ1n) is 5.61. The summed E-state index contributed by atoms with van der Waals surface area (Å²) in [5, 5.41) is 0.740. The van der Waals surface area contributed by atoms with Gasteiger partial charge in [0.15, 0.2) is 0 Å². The second kappa shape index (κ2) is 5.23. The topological polar surface area (TPSA) is 55.0 Å². The van der Waals surface area contributed by atoms with E-state index in [1.54, 1.807) is 6.20 Å². The molecule has 2 aromatic rings. The van der Waals surface area contributed by atoms with Gasteiger partial charge in [-0.15, -0.1) is 0 Å². The van der Waals surface area contributed by atoms with Crippen LogP contribution >= 0.6 is 11.6 Å². The monoisotopic (exact) mass is 262 g/mol. The lowest BCUT2D eigenvalue weighted by Gasteiger charge is -2.20. The fourth-order valence-corrected chi connectivity index (χ4v) is 1.90. The normalized spacial score (nSPS) is 10.4. The molecular weight excluding hydrogens is 248 g/mol. The molecule has 1 heterocycles. The van der Waals surface area contributed by atoms with Crippen molar-refractivity contribution in [2.75, 3.05) is 17.7 Å². The number of nitrogen functional groups attached to an aromatic ring is 1. The van der Waals surface area contributed by atoms with E-state index in [0.717, 1.165) is 22.9 Å². The van der Waals surface area contributed by atoms with E-state index in [4.69, 9.17) is 17.3 Å². The van der Waals surface area contributed by atoms with Crippen LogP contribution in [0.25, 0.3) is 0 Å². The molecule has 0 aliphatic carbocycles. The lowest BCUT2D eigenvalue weighted by atomic mass is 10.2. The van der Waals surface area contributed by atoms with Crippen LogP contribution in [0, 0.1) is 6.92 Å². The van der Waals surface area contributed by atoms with Crippen LogP contribution in [0.2, 0.25) is 5.02 Å². The number of benzene rings is 1. The largest absolute Gasteiger partial charge is 0.368 e. The molecule has 0 atom stereocenters. The van der Waals surface area contributed by atoms with Gasteiger partial charge in [-0.3, -0.25) is 0 Å². The number of nitrogens with zero attached hydrogens (tertiary/aromatic N) is 3. The van der Waals surface area contributed by atoms with Crippen LogP contribution in [0.15, 0.2) is 30.5 Å². The summed E-state index contributed by atoms with van der Waals surface area (Å²) in [5.41, 5.74) is 7.78. The van der Waals surface area contributed by atoms with Gasteiger partial charge in [0.05, 0.1) is 0 Å². The smallest absolute Gasteiger partial charge is 0.221 e. The average molecular weight is 263 g/mol. The van der Waals surface area contributed by atoms with Gasteiger partial charge in [-0.05, 0) is 24.6 Å². The Morgan fingerprint density at radius 2 is 1.94 bits per heavy atom. The maximum Gasteiger partial charge on any atom is 0.221 e. The molecule has 2 rings (SSSR count). The molecule has 0 aliphatic rings. The van der Waals surface area contributed by atoms with E-state index in [-0.39, 0.29) is 0 Å². The third-order valence-electron chi connectivity index (χ3n) is 2.66. The Kier molecular flexibility index (Phi) is 3.67. The van der Waals surface area contributed by atoms with Crippen molar-refractivity contribution in [3.8, 4) is 0 Å². The minimum atomic E-state index is 0.290. The van der Waals surface area contributed by atoms with E-state index >= 15 is 0 Å². The second-order valence-electron chi connectivity index (χ2n) is 4.22. The molecule has 0 saturated carbocycles. The van der Waals surface area contributed by atoms with Crippen molar-refractivity contribution < 1.29 is 0 Å². The quantitative estimate of drug-likeness (QED) is 0.924. The minimum absolute atomic E-state index is 0.290. The van der Waals surface area contributed by atoms with Crippen molar-refractivity contribution in [3.05, 3.63) is 46.6 Å². The van der Waals surface area contributed by atoms with Crippen molar-refractivity contribution in [1.82, 2.24) is 9.97 Å². The number of rotatable bonds is 3. The van der Waals surface area contributed by atoms with E-state index in [2.05, 4.69) is 9.97 Å². The third kappa shape index (κ3) is 2.90. The fourth-order valence-electron chi connectivity index (χ4n) is 1.77. The highest BCUT2D eigenvalue weighted by Crippen LogP contribution is 2.18. The summed E-state index contributed by atoms with van der Waals surface area (Å²) >= 11 is 5.86. The van der Waals surface area contributed by atoms with Crippen LogP contribution in [0.1, 0.15) is 11.1 Å². The van der Waals surface area contributed by atoms with E-state index in [0.29, 0.717) is 5.95 Å². The summed E-state index contributed by atoms with van der Waals surface area (Å²) in [6.45, 7) is 2.71. The molecule has 0 bridgehead atoms. The molecule has 1 aromatic carbocycles. The van der Waals surface area contributed by atoms with Crippen LogP contribution in [0.5, 0.6) is 0 Å². The Labute approximate surface area is 111 Å². The Bertz CT molecular complexity index is 539. The standard InChI is InChI=1S/C13H15ClN4/c1-9-7-16-13(15)17-12(9)18(2)8-10-3-5-11(14)6-4-10/h3-7H,8H2,1-2H3,(H2,15,16,17). The number of anilines is 2. The highest BCUT2D eigenvalue weighted by Gasteiger charge is 2.08. The van der Waals surface area contributed by atoms with Gasteiger partial charge in [-0.25, -0.2) is 4.98 Å². The summed E-state index contributed by atoms with van der Waals surface area (Å²) < 4.78 is 0. The second-order valence-corrected chi connectivity index (χ2v) is 4.65. The molecule has 0 unspecified atom stereocenters. The molecule has 0 saturated heterocycles. The number of hydrogen-bond donors (Lipinski definition) is 1. The van der Waals surface area contributed by atoms with E-state index < -0.39 is 0 Å². The van der Waals surface area contributed by atoms with Gasteiger partial charge in [0, 0.05) is 30.4 Å². The predicted octanol–water partition coefficient (Wildman–Crippen LogP) is 2.66.